The van der Waals surface area contributed by atoms with Crippen molar-refractivity contribution >= 4 is 23.6 Å². The number of nitrogens with zero attached hydrogens (tertiary/aromatic N) is 1. The molecule has 0 radical (unpaired) electrons. The molecule has 2 rings (SSSR count). The monoisotopic (exact) mass is 383 g/mol. The maximum atomic E-state index is 12.0. The lowest BCUT2D eigenvalue weighted by atomic mass is 10.1. The topological polar surface area (TPSA) is 98.7 Å². The summed E-state index contributed by atoms with van der Waals surface area (Å²) in [7, 11) is 0. The molecular weight excluding hydrogens is 358 g/mol. The van der Waals surface area contributed by atoms with E-state index in [2.05, 4.69) is 10.6 Å². The molecule has 0 fully saturated rings. The summed E-state index contributed by atoms with van der Waals surface area (Å²) in [5, 5.41) is 14.3. The fourth-order valence-electron chi connectivity index (χ4n) is 2.67. The Hall–Kier alpha value is -3.35. The van der Waals surface area contributed by atoms with Gasteiger partial charge < -0.3 is 20.6 Å². The molecule has 0 unspecified atom stereocenters. The number of aromatic carboxylic acids is 1. The lowest BCUT2D eigenvalue weighted by Crippen LogP contribution is -2.34. The van der Waals surface area contributed by atoms with Gasteiger partial charge in [0.05, 0.1) is 5.56 Å². The lowest BCUT2D eigenvalue weighted by Gasteiger charge is -2.25. The second-order valence-corrected chi connectivity index (χ2v) is 6.75. The summed E-state index contributed by atoms with van der Waals surface area (Å²) in [6.07, 6.45) is 0. The van der Waals surface area contributed by atoms with E-state index in [9.17, 15) is 14.4 Å². The van der Waals surface area contributed by atoms with Crippen LogP contribution >= 0.6 is 0 Å². The van der Waals surface area contributed by atoms with Crippen molar-refractivity contribution in [2.24, 2.45) is 0 Å². The van der Waals surface area contributed by atoms with Gasteiger partial charge in [-0.1, -0.05) is 24.3 Å². The van der Waals surface area contributed by atoms with Crippen molar-refractivity contribution in [1.82, 2.24) is 10.2 Å². The molecule has 0 aliphatic carbocycles. The first kappa shape index (κ1) is 21.0. The number of carboxylic acids is 1. The van der Waals surface area contributed by atoms with Crippen LogP contribution in [0.2, 0.25) is 0 Å². The van der Waals surface area contributed by atoms with Gasteiger partial charge in [-0.2, -0.15) is 0 Å². The van der Waals surface area contributed by atoms with Gasteiger partial charge in [-0.3, -0.25) is 4.79 Å². The first-order chi connectivity index (χ1) is 13.3. The van der Waals surface area contributed by atoms with E-state index >= 15 is 0 Å². The molecule has 7 heteroatoms. The smallest absolute Gasteiger partial charge is 0.335 e. The van der Waals surface area contributed by atoms with Crippen LogP contribution in [-0.4, -0.2) is 34.0 Å². The Morgan fingerprint density at radius 3 is 2.04 bits per heavy atom. The molecule has 0 aromatic heterocycles. The van der Waals surface area contributed by atoms with Gasteiger partial charge in [0.2, 0.25) is 5.91 Å². The third kappa shape index (κ3) is 6.12. The summed E-state index contributed by atoms with van der Waals surface area (Å²) in [6.45, 7) is 6.29. The van der Waals surface area contributed by atoms with Crippen LogP contribution in [0.4, 0.5) is 10.5 Å². The minimum absolute atomic E-state index is 0.0213. The first-order valence-electron chi connectivity index (χ1n) is 8.99. The number of hydrogen-bond acceptors (Lipinski definition) is 3. The van der Waals surface area contributed by atoms with Crippen molar-refractivity contribution in [2.45, 2.75) is 39.9 Å². The van der Waals surface area contributed by atoms with E-state index in [-0.39, 0.29) is 30.1 Å². The maximum absolute atomic E-state index is 12.0. The molecule has 0 saturated carbocycles. The summed E-state index contributed by atoms with van der Waals surface area (Å²) in [6, 6.07) is 13.4. The van der Waals surface area contributed by atoms with E-state index in [0.29, 0.717) is 12.2 Å². The van der Waals surface area contributed by atoms with Gasteiger partial charge in [-0.05, 0) is 49.2 Å². The molecule has 0 aliphatic rings. The standard InChI is InChI=1S/C21H25N3O4/c1-14(2)24(15(3)25)13-17-6-10-19(11-7-17)23-21(28)22-12-16-4-8-18(9-5-16)20(26)27/h4-11,14H,12-13H2,1-3H3,(H,26,27)(H2,22,23,28). The molecule has 28 heavy (non-hydrogen) atoms. The molecule has 148 valence electrons. The molecule has 3 amide bonds. The minimum Gasteiger partial charge on any atom is -0.478 e. The van der Waals surface area contributed by atoms with Crippen LogP contribution < -0.4 is 10.6 Å². The van der Waals surface area contributed by atoms with Crippen molar-refractivity contribution in [2.75, 3.05) is 5.32 Å². The van der Waals surface area contributed by atoms with Crippen LogP contribution in [0.3, 0.4) is 0 Å². The fourth-order valence-corrected chi connectivity index (χ4v) is 2.67. The minimum atomic E-state index is -0.986. The van der Waals surface area contributed by atoms with Crippen molar-refractivity contribution in [3.8, 4) is 0 Å². The Kier molecular flexibility index (Phi) is 7.14. The Bertz CT molecular complexity index is 830. The molecule has 0 bridgehead atoms. The van der Waals surface area contributed by atoms with Crippen molar-refractivity contribution in [3.05, 3.63) is 65.2 Å². The largest absolute Gasteiger partial charge is 0.478 e. The van der Waals surface area contributed by atoms with Crippen LogP contribution in [0.5, 0.6) is 0 Å². The number of amides is 3. The number of nitrogens with one attached hydrogen (secondary N) is 2. The highest BCUT2D eigenvalue weighted by molar-refractivity contribution is 5.89. The summed E-state index contributed by atoms with van der Waals surface area (Å²) in [4.78, 5) is 36.3. The molecule has 0 saturated heterocycles. The van der Waals surface area contributed by atoms with Crippen molar-refractivity contribution < 1.29 is 19.5 Å². The average Bonchev–Trinajstić information content (AvgIpc) is 2.65. The van der Waals surface area contributed by atoms with Crippen molar-refractivity contribution in [1.29, 1.82) is 0 Å². The number of carbonyl (C=O) groups is 3. The van der Waals surface area contributed by atoms with E-state index in [1.807, 2.05) is 26.0 Å². The van der Waals surface area contributed by atoms with E-state index in [0.717, 1.165) is 11.1 Å². The second kappa shape index (κ2) is 9.55. The summed E-state index contributed by atoms with van der Waals surface area (Å²) in [5.74, 6) is -0.964. The predicted octanol–water partition coefficient (Wildman–Crippen LogP) is 3.46. The van der Waals surface area contributed by atoms with E-state index in [1.54, 1.807) is 36.1 Å². The molecule has 0 aliphatic heterocycles. The van der Waals surface area contributed by atoms with Gasteiger partial charge in [0.1, 0.15) is 0 Å². The first-order valence-corrected chi connectivity index (χ1v) is 8.99. The van der Waals surface area contributed by atoms with Crippen molar-refractivity contribution in [3.63, 3.8) is 0 Å². The van der Waals surface area contributed by atoms with Crippen LogP contribution in [0.25, 0.3) is 0 Å². The Labute approximate surface area is 164 Å². The molecular formula is C21H25N3O4. The molecule has 3 N–H and O–H groups in total. The number of hydrogen-bond donors (Lipinski definition) is 3. The molecule has 2 aromatic carbocycles. The zero-order valence-electron chi connectivity index (χ0n) is 16.2. The van der Waals surface area contributed by atoms with Gasteiger partial charge in [0, 0.05) is 31.7 Å². The van der Waals surface area contributed by atoms with Gasteiger partial charge in [-0.15, -0.1) is 0 Å². The predicted molar refractivity (Wildman–Crippen MR) is 107 cm³/mol. The Morgan fingerprint density at radius 2 is 1.54 bits per heavy atom. The van der Waals surface area contributed by atoms with Crippen LogP contribution in [0.1, 0.15) is 42.3 Å². The van der Waals surface area contributed by atoms with Crippen LogP contribution in [-0.2, 0) is 17.9 Å². The number of carboxylic acid groups (broad SMARTS) is 1. The van der Waals surface area contributed by atoms with E-state index in [1.165, 1.54) is 12.1 Å². The number of urea groups is 1. The normalized spacial score (nSPS) is 10.4. The van der Waals surface area contributed by atoms with E-state index < -0.39 is 5.97 Å². The quantitative estimate of drug-likeness (QED) is 0.682. The Balaban J connectivity index is 1.86. The molecule has 0 heterocycles. The lowest BCUT2D eigenvalue weighted by molar-refractivity contribution is -0.131. The van der Waals surface area contributed by atoms with E-state index in [4.69, 9.17) is 5.11 Å². The summed E-state index contributed by atoms with van der Waals surface area (Å²) < 4.78 is 0. The SMILES string of the molecule is CC(=O)N(Cc1ccc(NC(=O)NCc2ccc(C(=O)O)cc2)cc1)C(C)C. The zero-order chi connectivity index (χ0) is 20.7. The van der Waals surface area contributed by atoms with Gasteiger partial charge in [-0.25, -0.2) is 9.59 Å². The number of rotatable bonds is 7. The second-order valence-electron chi connectivity index (χ2n) is 6.75. The molecule has 7 nitrogen and oxygen atoms in total. The zero-order valence-corrected chi connectivity index (χ0v) is 16.2. The fraction of sp³-hybridized carbons (Fsp3) is 0.286. The van der Waals surface area contributed by atoms with Crippen LogP contribution in [0.15, 0.2) is 48.5 Å². The maximum Gasteiger partial charge on any atom is 0.335 e. The molecule has 0 spiro atoms. The highest BCUT2D eigenvalue weighted by atomic mass is 16.4. The average molecular weight is 383 g/mol. The third-order valence-corrected chi connectivity index (χ3v) is 4.25. The van der Waals surface area contributed by atoms with Gasteiger partial charge >= 0.3 is 12.0 Å². The third-order valence-electron chi connectivity index (χ3n) is 4.25. The number of anilines is 1. The van der Waals surface area contributed by atoms with Gasteiger partial charge in [0.15, 0.2) is 0 Å². The number of carbonyl (C=O) groups excluding carboxylic acids is 2. The van der Waals surface area contributed by atoms with Gasteiger partial charge in [0.25, 0.3) is 0 Å². The van der Waals surface area contributed by atoms with Crippen LogP contribution in [0, 0.1) is 0 Å². The molecule has 2 aromatic rings. The highest BCUT2D eigenvalue weighted by Gasteiger charge is 2.13. The summed E-state index contributed by atoms with van der Waals surface area (Å²) in [5.41, 5.74) is 2.62. The molecule has 0 atom stereocenters. The Morgan fingerprint density at radius 1 is 0.964 bits per heavy atom. The summed E-state index contributed by atoms with van der Waals surface area (Å²) >= 11 is 0. The highest BCUT2D eigenvalue weighted by Crippen LogP contribution is 2.13. The number of benzene rings is 2.